The van der Waals surface area contributed by atoms with Crippen molar-refractivity contribution in [2.75, 3.05) is 39.6 Å². The van der Waals surface area contributed by atoms with Crippen LogP contribution in [0.5, 0.6) is 0 Å². The highest BCUT2D eigenvalue weighted by Crippen LogP contribution is 2.21. The summed E-state index contributed by atoms with van der Waals surface area (Å²) in [6.45, 7) is 12.1. The van der Waals surface area contributed by atoms with Gasteiger partial charge in [-0.25, -0.2) is 0 Å². The van der Waals surface area contributed by atoms with Gasteiger partial charge in [0.2, 0.25) is 0 Å². The molecule has 10 heteroatoms. The molecule has 1 fully saturated rings. The molecule has 0 aromatic heterocycles. The van der Waals surface area contributed by atoms with Gasteiger partial charge in [-0.2, -0.15) is 0 Å². The third-order valence-electron chi connectivity index (χ3n) is 6.10. The zero-order valence-electron chi connectivity index (χ0n) is 24.5. The lowest BCUT2D eigenvalue weighted by Crippen LogP contribution is -2.27. The van der Waals surface area contributed by atoms with E-state index in [-0.39, 0.29) is 124 Å². The number of aliphatic hydroxyl groups excluding tert-OH is 2. The standard InChI is InChI=1S/C14H26O5.C8H16O3.C6H10O2.9CH4/c1-4-14(2,3)13(17)19-11-10-18-12(16)8-6-5-7-9-15;1-4-8(2,3)7(10)11-6-5-9;7-6-4-2-1-3-5-8-6;;;;;;;;;/h15H,4-11H2,1-3H3;9H,4-6H2,1-3H3;1-5H2;9*1H4. The van der Waals surface area contributed by atoms with Crippen LogP contribution in [0.4, 0.5) is 0 Å². The molecule has 0 spiro atoms. The Morgan fingerprint density at radius 1 is 0.638 bits per heavy atom. The van der Waals surface area contributed by atoms with E-state index in [4.69, 9.17) is 29.2 Å². The van der Waals surface area contributed by atoms with E-state index >= 15 is 0 Å². The van der Waals surface area contributed by atoms with Crippen molar-refractivity contribution in [3.63, 3.8) is 0 Å². The molecule has 0 unspecified atom stereocenters. The monoisotopic (exact) mass is 693 g/mol. The summed E-state index contributed by atoms with van der Waals surface area (Å²) in [4.78, 5) is 44.5. The summed E-state index contributed by atoms with van der Waals surface area (Å²) in [6, 6.07) is 0. The highest BCUT2D eigenvalue weighted by molar-refractivity contribution is 5.76. The Kier molecular flexibility index (Phi) is 73.5. The summed E-state index contributed by atoms with van der Waals surface area (Å²) >= 11 is 0. The van der Waals surface area contributed by atoms with E-state index in [0.717, 1.165) is 32.1 Å². The summed E-state index contributed by atoms with van der Waals surface area (Å²) in [6.07, 6.45) is 7.85. The lowest BCUT2D eigenvalue weighted by molar-refractivity contribution is -0.159. The number of hydrogen-bond donors (Lipinski definition) is 2. The third kappa shape index (κ3) is 43.8. The molecule has 1 aliphatic rings. The maximum atomic E-state index is 11.6. The van der Waals surface area contributed by atoms with Gasteiger partial charge in [-0.1, -0.05) is 87.1 Å². The van der Waals surface area contributed by atoms with Gasteiger partial charge >= 0.3 is 23.9 Å². The van der Waals surface area contributed by atoms with Crippen LogP contribution >= 0.6 is 0 Å². The number of carbonyl (C=O) groups excluding carboxylic acids is 4. The largest absolute Gasteiger partial charge is 0.466 e. The van der Waals surface area contributed by atoms with Crippen molar-refractivity contribution in [3.05, 3.63) is 0 Å². The van der Waals surface area contributed by atoms with Crippen LogP contribution in [-0.4, -0.2) is 73.7 Å². The summed E-state index contributed by atoms with van der Waals surface area (Å²) in [5, 5.41) is 17.0. The molecule has 0 aliphatic carbocycles. The minimum Gasteiger partial charge on any atom is -0.466 e. The van der Waals surface area contributed by atoms with Crippen molar-refractivity contribution in [1.82, 2.24) is 0 Å². The Morgan fingerprint density at radius 2 is 1.09 bits per heavy atom. The van der Waals surface area contributed by atoms with E-state index in [0.29, 0.717) is 38.7 Å². The zero-order chi connectivity index (χ0) is 29.5. The number of aliphatic hydroxyl groups is 2. The number of hydrogen-bond acceptors (Lipinski definition) is 10. The normalized spacial score (nSPS) is 10.9. The number of carbonyl (C=O) groups is 4. The molecular formula is C37H88O10. The van der Waals surface area contributed by atoms with E-state index in [2.05, 4.69) is 0 Å². The van der Waals surface area contributed by atoms with Gasteiger partial charge in [-0.3, -0.25) is 19.2 Å². The Hall–Kier alpha value is -2.20. The van der Waals surface area contributed by atoms with Crippen molar-refractivity contribution in [3.8, 4) is 0 Å². The molecule has 47 heavy (non-hydrogen) atoms. The summed E-state index contributed by atoms with van der Waals surface area (Å²) in [5.41, 5.74) is -0.913. The molecule has 1 aliphatic heterocycles. The number of unbranched alkanes of at least 4 members (excludes halogenated alkanes) is 2. The lowest BCUT2D eigenvalue weighted by atomic mass is 9.91. The summed E-state index contributed by atoms with van der Waals surface area (Å²) in [5.74, 6) is -0.825. The Labute approximate surface area is 295 Å². The van der Waals surface area contributed by atoms with Crippen molar-refractivity contribution >= 4 is 23.9 Å². The quantitative estimate of drug-likeness (QED) is 0.102. The molecule has 10 nitrogen and oxygen atoms in total. The van der Waals surface area contributed by atoms with Crippen LogP contribution in [0, 0.1) is 10.8 Å². The van der Waals surface area contributed by atoms with E-state index < -0.39 is 10.8 Å². The van der Waals surface area contributed by atoms with Gasteiger partial charge in [-0.15, -0.1) is 0 Å². The van der Waals surface area contributed by atoms with Crippen LogP contribution in [0.2, 0.25) is 0 Å². The second kappa shape index (κ2) is 45.9. The highest BCUT2D eigenvalue weighted by Gasteiger charge is 2.27. The first kappa shape index (κ1) is 75.2. The van der Waals surface area contributed by atoms with Gasteiger partial charge in [0.1, 0.15) is 19.8 Å². The Morgan fingerprint density at radius 3 is 1.51 bits per heavy atom. The maximum absolute atomic E-state index is 11.6. The fourth-order valence-electron chi connectivity index (χ4n) is 2.54. The number of rotatable bonds is 14. The average Bonchev–Trinajstić information content (AvgIpc) is 3.15. The topological polar surface area (TPSA) is 146 Å². The minimum atomic E-state index is -0.492. The Bertz CT molecular complexity index is 652. The smallest absolute Gasteiger partial charge is 0.311 e. The Balaban J connectivity index is -0.0000000450. The minimum absolute atomic E-state index is 0. The number of esters is 4. The predicted molar refractivity (Wildman–Crippen MR) is 204 cm³/mol. The fraction of sp³-hybridized carbons (Fsp3) is 0.892. The van der Waals surface area contributed by atoms with Crippen LogP contribution in [0.15, 0.2) is 0 Å². The van der Waals surface area contributed by atoms with Crippen LogP contribution in [-0.2, 0) is 38.1 Å². The molecule has 0 radical (unpaired) electrons. The number of ether oxygens (including phenoxy) is 4. The van der Waals surface area contributed by atoms with E-state index in [9.17, 15) is 19.2 Å². The van der Waals surface area contributed by atoms with Gasteiger partial charge in [0.15, 0.2) is 0 Å². The molecule has 0 aromatic rings. The summed E-state index contributed by atoms with van der Waals surface area (Å²) in [7, 11) is 0. The fourth-order valence-corrected chi connectivity index (χ4v) is 2.54. The van der Waals surface area contributed by atoms with E-state index in [1.807, 2.05) is 41.5 Å². The SMILES string of the molecule is C.C.C.C.C.C.C.C.C.CCC(C)(C)C(=O)OCCO.CCC(C)(C)C(=O)OCCOC(=O)CCCCCO.O=C1CCCCCO1. The van der Waals surface area contributed by atoms with E-state index in [1.165, 1.54) is 0 Å². The van der Waals surface area contributed by atoms with Crippen LogP contribution in [0.3, 0.4) is 0 Å². The molecule has 1 heterocycles. The van der Waals surface area contributed by atoms with E-state index in [1.54, 1.807) is 0 Å². The van der Waals surface area contributed by atoms with Crippen LogP contribution < -0.4 is 0 Å². The lowest BCUT2D eigenvalue weighted by Gasteiger charge is -2.20. The van der Waals surface area contributed by atoms with Crippen LogP contribution in [0.25, 0.3) is 0 Å². The molecule has 0 bridgehead atoms. The molecule has 0 amide bonds. The first-order chi connectivity index (χ1) is 17.9. The molecular weight excluding hydrogens is 604 g/mol. The maximum Gasteiger partial charge on any atom is 0.311 e. The molecule has 0 saturated carbocycles. The van der Waals surface area contributed by atoms with Gasteiger partial charge in [0.05, 0.1) is 24.0 Å². The molecule has 1 saturated heterocycles. The summed E-state index contributed by atoms with van der Waals surface area (Å²) < 4.78 is 19.5. The first-order valence-corrected chi connectivity index (χ1v) is 13.7. The van der Waals surface area contributed by atoms with Crippen molar-refractivity contribution in [2.45, 2.75) is 173 Å². The van der Waals surface area contributed by atoms with Crippen LogP contribution in [0.1, 0.15) is 173 Å². The number of cyclic esters (lactones) is 1. The van der Waals surface area contributed by atoms with Crippen molar-refractivity contribution in [1.29, 1.82) is 0 Å². The van der Waals surface area contributed by atoms with Gasteiger partial charge in [0.25, 0.3) is 0 Å². The van der Waals surface area contributed by atoms with Crippen molar-refractivity contribution in [2.24, 2.45) is 10.8 Å². The molecule has 0 aromatic carbocycles. The van der Waals surface area contributed by atoms with Gasteiger partial charge in [0, 0.05) is 19.4 Å². The average molecular weight is 693 g/mol. The second-order valence-corrected chi connectivity index (χ2v) is 10.3. The molecule has 0 atom stereocenters. The second-order valence-electron chi connectivity index (χ2n) is 10.3. The molecule has 1 rings (SSSR count). The van der Waals surface area contributed by atoms with Crippen molar-refractivity contribution < 1.29 is 48.3 Å². The van der Waals surface area contributed by atoms with Gasteiger partial charge in [-0.05, 0) is 72.6 Å². The van der Waals surface area contributed by atoms with Gasteiger partial charge < -0.3 is 29.2 Å². The molecule has 2 N–H and O–H groups in total. The first-order valence-electron chi connectivity index (χ1n) is 13.7. The zero-order valence-corrected chi connectivity index (χ0v) is 24.5. The predicted octanol–water partition coefficient (Wildman–Crippen LogP) is 9.85. The highest BCUT2D eigenvalue weighted by atomic mass is 16.6. The molecule has 296 valence electrons. The third-order valence-corrected chi connectivity index (χ3v) is 6.10.